The van der Waals surface area contributed by atoms with Gasteiger partial charge in [-0.25, -0.2) is 14.8 Å². The van der Waals surface area contributed by atoms with Gasteiger partial charge in [-0.2, -0.15) is 0 Å². The maximum Gasteiger partial charge on any atom is 0.341 e. The Morgan fingerprint density at radius 1 is 1.27 bits per heavy atom. The van der Waals surface area contributed by atoms with Crippen LogP contribution in [-0.2, 0) is 4.74 Å². The lowest BCUT2D eigenvalue weighted by molar-refractivity contribution is 0.0525. The Morgan fingerprint density at radius 3 is 3.00 bits per heavy atom. The van der Waals surface area contributed by atoms with Crippen molar-refractivity contribution >= 4 is 22.5 Å². The second kappa shape index (κ2) is 4.80. The van der Waals surface area contributed by atoms with Gasteiger partial charge in [-0.1, -0.05) is 18.2 Å². The van der Waals surface area contributed by atoms with Gasteiger partial charge in [0.15, 0.2) is 5.65 Å². The Kier molecular flexibility index (Phi) is 2.79. The number of hydrogen-bond acceptors (Lipinski definition) is 4. The molecule has 2 aromatic rings. The second-order valence-electron chi connectivity index (χ2n) is 5.00. The van der Waals surface area contributed by atoms with E-state index < -0.39 is 0 Å². The molecule has 0 fully saturated rings. The molecule has 1 aromatic heterocycles. The van der Waals surface area contributed by atoms with E-state index in [2.05, 4.69) is 9.97 Å². The van der Waals surface area contributed by atoms with Crippen LogP contribution in [-0.4, -0.2) is 26.9 Å². The molecule has 0 unspecified atom stereocenters. The van der Waals surface area contributed by atoms with Crippen molar-refractivity contribution in [2.45, 2.75) is 6.92 Å². The van der Waals surface area contributed by atoms with Crippen molar-refractivity contribution in [3.05, 3.63) is 54.5 Å². The second-order valence-corrected chi connectivity index (χ2v) is 5.00. The van der Waals surface area contributed by atoms with Gasteiger partial charge in [-0.05, 0) is 19.1 Å². The normalized spacial score (nSPS) is 11.3. The molecule has 3 heterocycles. The number of hydrogen-bond donors (Lipinski definition) is 0. The summed E-state index contributed by atoms with van der Waals surface area (Å²) >= 11 is 0. The first-order chi connectivity index (χ1) is 10.8. The van der Waals surface area contributed by atoms with Gasteiger partial charge in [0.1, 0.15) is 5.69 Å². The van der Waals surface area contributed by atoms with Crippen LogP contribution in [0.1, 0.15) is 17.3 Å². The van der Waals surface area contributed by atoms with E-state index in [1.165, 1.54) is 6.20 Å². The van der Waals surface area contributed by atoms with Gasteiger partial charge < -0.3 is 9.14 Å². The van der Waals surface area contributed by atoms with Crippen molar-refractivity contribution in [3.63, 3.8) is 0 Å². The third-order valence-corrected chi connectivity index (χ3v) is 3.65. The summed E-state index contributed by atoms with van der Waals surface area (Å²) in [4.78, 5) is 20.9. The Morgan fingerprint density at radius 2 is 2.14 bits per heavy atom. The number of ether oxygens (including phenoxy) is 1. The molecule has 0 bridgehead atoms. The van der Waals surface area contributed by atoms with Crippen molar-refractivity contribution in [3.8, 4) is 11.3 Å². The van der Waals surface area contributed by atoms with Crippen LogP contribution in [0.25, 0.3) is 27.8 Å². The van der Waals surface area contributed by atoms with Gasteiger partial charge in [0.05, 0.1) is 17.7 Å². The molecule has 5 nitrogen and oxygen atoms in total. The van der Waals surface area contributed by atoms with E-state index in [0.717, 1.165) is 27.8 Å². The van der Waals surface area contributed by atoms with Crippen molar-refractivity contribution < 1.29 is 9.53 Å². The van der Waals surface area contributed by atoms with Gasteiger partial charge in [-0.3, -0.25) is 0 Å². The first-order valence-electron chi connectivity index (χ1n) is 7.10. The van der Waals surface area contributed by atoms with E-state index in [1.54, 1.807) is 17.5 Å². The summed E-state index contributed by atoms with van der Waals surface area (Å²) in [6, 6.07) is 10.00. The number of benzene rings is 1. The molecule has 0 saturated carbocycles. The average molecular weight is 291 g/mol. The number of nitrogens with zero attached hydrogens (tertiary/aromatic N) is 3. The average Bonchev–Trinajstić information content (AvgIpc) is 2.93. The Hall–Kier alpha value is -2.95. The number of fused-ring (bicyclic) bond motifs is 5. The number of aromatic nitrogens is 3. The Labute approximate surface area is 126 Å². The Bertz CT molecular complexity index is 974. The highest BCUT2D eigenvalue weighted by Gasteiger charge is 2.16. The van der Waals surface area contributed by atoms with Gasteiger partial charge in [0.25, 0.3) is 0 Å². The zero-order chi connectivity index (χ0) is 15.1. The summed E-state index contributed by atoms with van der Waals surface area (Å²) in [5, 5.41) is 1.11. The summed E-state index contributed by atoms with van der Waals surface area (Å²) in [6.45, 7) is 2.12. The molecule has 0 N–H and O–H groups in total. The van der Waals surface area contributed by atoms with Crippen molar-refractivity contribution in [2.75, 3.05) is 6.61 Å². The maximum atomic E-state index is 11.8. The molecule has 2 aliphatic heterocycles. The molecule has 2 aliphatic rings. The first-order valence-corrected chi connectivity index (χ1v) is 7.10. The van der Waals surface area contributed by atoms with Gasteiger partial charge in [-0.15, -0.1) is 0 Å². The first kappa shape index (κ1) is 12.8. The predicted octanol–water partition coefficient (Wildman–Crippen LogP) is 3.16. The minimum absolute atomic E-state index is 0.344. The number of pyridine rings is 1. The molecule has 108 valence electrons. The molecule has 5 heteroatoms. The molecule has 0 radical (unpaired) electrons. The fourth-order valence-electron chi connectivity index (χ4n) is 2.66. The molecule has 4 rings (SSSR count). The molecule has 1 aromatic carbocycles. The SMILES string of the molecule is CCOC(=O)c1cnc2c3nc4ccccc4c-3ccn2c1. The minimum Gasteiger partial charge on any atom is -0.462 e. The standard InChI is InChI=1S/C17H13N3O2/c1-2-22-17(21)11-9-18-16-15-13(7-8-20(16)10-11)12-5-3-4-6-14(12)19-15/h3-10H,2H2,1H3. The summed E-state index contributed by atoms with van der Waals surface area (Å²) in [6.07, 6.45) is 5.15. The molecule has 0 atom stereocenters. The minimum atomic E-state index is -0.370. The Balaban J connectivity index is 1.96. The molecule has 0 amide bonds. The van der Waals surface area contributed by atoms with Gasteiger partial charge in [0, 0.05) is 29.5 Å². The highest BCUT2D eigenvalue weighted by molar-refractivity contribution is 6.01. The molecular weight excluding hydrogens is 278 g/mol. The molecule has 0 spiro atoms. The molecule has 0 aliphatic carbocycles. The van der Waals surface area contributed by atoms with E-state index in [4.69, 9.17) is 4.74 Å². The van der Waals surface area contributed by atoms with Crippen LogP contribution in [0.5, 0.6) is 0 Å². The topological polar surface area (TPSA) is 56.5 Å². The van der Waals surface area contributed by atoms with Crippen LogP contribution in [0.15, 0.2) is 48.9 Å². The smallest absolute Gasteiger partial charge is 0.341 e. The van der Waals surface area contributed by atoms with Crippen LogP contribution in [0.3, 0.4) is 0 Å². The van der Waals surface area contributed by atoms with Crippen LogP contribution >= 0.6 is 0 Å². The van der Waals surface area contributed by atoms with E-state index in [1.807, 2.05) is 36.5 Å². The largest absolute Gasteiger partial charge is 0.462 e. The molecular formula is C17H13N3O2. The lowest BCUT2D eigenvalue weighted by Gasteiger charge is -2.07. The van der Waals surface area contributed by atoms with Crippen molar-refractivity contribution in [1.82, 2.24) is 14.4 Å². The van der Waals surface area contributed by atoms with Gasteiger partial charge in [0.2, 0.25) is 0 Å². The quantitative estimate of drug-likeness (QED) is 0.532. The fourth-order valence-corrected chi connectivity index (χ4v) is 2.66. The van der Waals surface area contributed by atoms with Gasteiger partial charge >= 0.3 is 5.97 Å². The number of para-hydroxylation sites is 1. The summed E-state index contributed by atoms with van der Waals surface area (Å²) in [7, 11) is 0. The zero-order valence-corrected chi connectivity index (χ0v) is 12.0. The predicted molar refractivity (Wildman–Crippen MR) is 83.1 cm³/mol. The monoisotopic (exact) mass is 291 g/mol. The summed E-state index contributed by atoms with van der Waals surface area (Å²) in [5.74, 6) is -0.370. The number of carbonyl (C=O) groups excluding carboxylic acids is 1. The lowest BCUT2D eigenvalue weighted by Crippen LogP contribution is -2.07. The zero-order valence-electron chi connectivity index (χ0n) is 12.0. The highest BCUT2D eigenvalue weighted by Crippen LogP contribution is 2.32. The van der Waals surface area contributed by atoms with Crippen LogP contribution in [0, 0.1) is 0 Å². The van der Waals surface area contributed by atoms with E-state index in [-0.39, 0.29) is 5.97 Å². The molecule has 0 saturated heterocycles. The molecule has 22 heavy (non-hydrogen) atoms. The lowest BCUT2D eigenvalue weighted by atomic mass is 10.1. The van der Waals surface area contributed by atoms with Crippen molar-refractivity contribution in [2.24, 2.45) is 0 Å². The summed E-state index contributed by atoms with van der Waals surface area (Å²) < 4.78 is 6.81. The number of rotatable bonds is 2. The third kappa shape index (κ3) is 1.83. The third-order valence-electron chi connectivity index (χ3n) is 3.65. The van der Waals surface area contributed by atoms with E-state index >= 15 is 0 Å². The van der Waals surface area contributed by atoms with E-state index in [9.17, 15) is 4.79 Å². The van der Waals surface area contributed by atoms with Crippen molar-refractivity contribution in [1.29, 1.82) is 0 Å². The number of carbonyl (C=O) groups is 1. The fraction of sp³-hybridized carbons (Fsp3) is 0.118. The van der Waals surface area contributed by atoms with Crippen LogP contribution in [0.2, 0.25) is 0 Å². The van der Waals surface area contributed by atoms with Crippen LogP contribution in [0.4, 0.5) is 0 Å². The van der Waals surface area contributed by atoms with Crippen LogP contribution < -0.4 is 0 Å². The summed E-state index contributed by atoms with van der Waals surface area (Å²) in [5.41, 5.74) is 3.99. The number of esters is 1. The highest BCUT2D eigenvalue weighted by atomic mass is 16.5. The maximum absolute atomic E-state index is 11.8. The van der Waals surface area contributed by atoms with E-state index in [0.29, 0.717) is 12.2 Å².